The Labute approximate surface area is 133 Å². The second kappa shape index (κ2) is 5.52. The number of ether oxygens (including phenoxy) is 1. The average molecular weight is 317 g/mol. The van der Waals surface area contributed by atoms with Gasteiger partial charge in [-0.05, 0) is 61.6 Å². The highest BCUT2D eigenvalue weighted by molar-refractivity contribution is 7.13. The Kier molecular flexibility index (Phi) is 3.50. The summed E-state index contributed by atoms with van der Waals surface area (Å²) in [4.78, 5) is 15.0. The Balaban J connectivity index is 1.55. The van der Waals surface area contributed by atoms with Gasteiger partial charge in [0.2, 0.25) is 0 Å². The molecule has 3 aliphatic rings. The van der Waals surface area contributed by atoms with Gasteiger partial charge in [-0.1, -0.05) is 0 Å². The first-order chi connectivity index (χ1) is 10.7. The predicted octanol–water partition coefficient (Wildman–Crippen LogP) is 2.13. The first-order valence-electron chi connectivity index (χ1n) is 7.71. The third-order valence-corrected chi connectivity index (χ3v) is 5.68. The van der Waals surface area contributed by atoms with Crippen molar-refractivity contribution in [2.24, 2.45) is 5.92 Å². The first kappa shape index (κ1) is 14.0. The Morgan fingerprint density at radius 2 is 2.23 bits per heavy atom. The Morgan fingerprint density at radius 1 is 1.41 bits per heavy atom. The molecule has 2 aromatic rings. The second-order valence-corrected chi connectivity index (χ2v) is 6.92. The van der Waals surface area contributed by atoms with Crippen LogP contribution in [0.15, 0.2) is 18.2 Å². The van der Waals surface area contributed by atoms with Gasteiger partial charge in [0.05, 0.1) is 11.8 Å². The minimum atomic E-state index is -0.0461. The van der Waals surface area contributed by atoms with Gasteiger partial charge in [-0.2, -0.15) is 4.37 Å². The zero-order valence-electron chi connectivity index (χ0n) is 12.5. The van der Waals surface area contributed by atoms with Crippen LogP contribution in [0.3, 0.4) is 0 Å². The van der Waals surface area contributed by atoms with E-state index in [0.717, 1.165) is 22.4 Å². The summed E-state index contributed by atoms with van der Waals surface area (Å²) in [5, 5.41) is 4.11. The summed E-state index contributed by atoms with van der Waals surface area (Å²) in [6.45, 7) is 3.33. The monoisotopic (exact) mass is 317 g/mol. The van der Waals surface area contributed by atoms with Gasteiger partial charge in [0.1, 0.15) is 11.4 Å². The third-order valence-electron chi connectivity index (χ3n) is 4.87. The molecule has 116 valence electrons. The summed E-state index contributed by atoms with van der Waals surface area (Å²) in [5.74, 6) is 1.37. The molecule has 3 fully saturated rings. The van der Waals surface area contributed by atoms with Gasteiger partial charge in [-0.3, -0.25) is 4.79 Å². The molecule has 1 amide bonds. The number of nitrogens with one attached hydrogen (secondary N) is 1. The molecular formula is C16H19N3O2S. The molecule has 0 radical (unpaired) electrons. The molecular weight excluding hydrogens is 298 g/mol. The van der Waals surface area contributed by atoms with Crippen LogP contribution in [0, 0.1) is 5.92 Å². The lowest BCUT2D eigenvalue weighted by atomic mass is 9.84. The summed E-state index contributed by atoms with van der Waals surface area (Å²) in [6.07, 6.45) is 2.39. The molecule has 5 rings (SSSR count). The maximum absolute atomic E-state index is 12.6. The standard InChI is InChI=1S/C16H19N3O2S/c1-21-11-2-3-12-14(8-11)22-18-15(12)16(20)17-13-9-19-6-4-10(13)5-7-19/h2-3,8,10,13H,4-7,9H2,1H3,(H,17,20)/t13-/m1/s1. The normalized spacial score (nSPS) is 27.0. The van der Waals surface area contributed by atoms with E-state index in [1.807, 2.05) is 18.2 Å². The van der Waals surface area contributed by atoms with Crippen LogP contribution >= 0.6 is 11.5 Å². The fourth-order valence-electron chi connectivity index (χ4n) is 3.57. The molecule has 2 bridgehead atoms. The van der Waals surface area contributed by atoms with E-state index in [0.29, 0.717) is 11.6 Å². The van der Waals surface area contributed by atoms with E-state index in [4.69, 9.17) is 4.74 Å². The number of amides is 1. The zero-order valence-corrected chi connectivity index (χ0v) is 13.4. The zero-order chi connectivity index (χ0) is 15.1. The third kappa shape index (κ3) is 2.36. The molecule has 1 aromatic carbocycles. The maximum Gasteiger partial charge on any atom is 0.271 e. The molecule has 22 heavy (non-hydrogen) atoms. The molecule has 6 heteroatoms. The van der Waals surface area contributed by atoms with Gasteiger partial charge in [-0.15, -0.1) is 0 Å². The largest absolute Gasteiger partial charge is 0.497 e. The van der Waals surface area contributed by atoms with Crippen molar-refractivity contribution in [3.05, 3.63) is 23.9 Å². The van der Waals surface area contributed by atoms with Gasteiger partial charge in [0, 0.05) is 18.0 Å². The van der Waals surface area contributed by atoms with Crippen molar-refractivity contribution in [1.82, 2.24) is 14.6 Å². The molecule has 4 heterocycles. The van der Waals surface area contributed by atoms with Crippen molar-refractivity contribution in [1.29, 1.82) is 0 Å². The van der Waals surface area contributed by atoms with Gasteiger partial charge in [0.15, 0.2) is 0 Å². The molecule has 1 aromatic heterocycles. The Hall–Kier alpha value is -1.66. The van der Waals surface area contributed by atoms with Crippen LogP contribution in [0.2, 0.25) is 0 Å². The summed E-state index contributed by atoms with van der Waals surface area (Å²) in [6, 6.07) is 5.99. The summed E-state index contributed by atoms with van der Waals surface area (Å²) in [7, 11) is 1.64. The molecule has 1 N–H and O–H groups in total. The molecule has 0 aliphatic carbocycles. The maximum atomic E-state index is 12.6. The summed E-state index contributed by atoms with van der Waals surface area (Å²) < 4.78 is 10.6. The molecule has 3 aliphatic heterocycles. The lowest BCUT2D eigenvalue weighted by Gasteiger charge is -2.44. The van der Waals surface area contributed by atoms with Crippen molar-refractivity contribution in [3.63, 3.8) is 0 Å². The Bertz CT molecular complexity index is 706. The minimum absolute atomic E-state index is 0.0461. The number of fused-ring (bicyclic) bond motifs is 4. The molecule has 5 nitrogen and oxygen atoms in total. The Morgan fingerprint density at radius 3 is 2.91 bits per heavy atom. The lowest BCUT2D eigenvalue weighted by Crippen LogP contribution is -2.57. The average Bonchev–Trinajstić information content (AvgIpc) is 2.99. The fraction of sp³-hybridized carbons (Fsp3) is 0.500. The fourth-order valence-corrected chi connectivity index (χ4v) is 4.38. The van der Waals surface area contributed by atoms with Crippen LogP contribution in [0.25, 0.3) is 10.1 Å². The van der Waals surface area contributed by atoms with Gasteiger partial charge >= 0.3 is 0 Å². The predicted molar refractivity (Wildman–Crippen MR) is 86.6 cm³/mol. The number of benzene rings is 1. The number of carbonyl (C=O) groups excluding carboxylic acids is 1. The number of rotatable bonds is 3. The summed E-state index contributed by atoms with van der Waals surface area (Å²) >= 11 is 1.35. The quantitative estimate of drug-likeness (QED) is 0.942. The van der Waals surface area contributed by atoms with E-state index in [2.05, 4.69) is 14.6 Å². The topological polar surface area (TPSA) is 54.5 Å². The number of piperidine rings is 3. The van der Waals surface area contributed by atoms with E-state index < -0.39 is 0 Å². The van der Waals surface area contributed by atoms with Crippen molar-refractivity contribution >= 4 is 27.5 Å². The first-order valence-corrected chi connectivity index (χ1v) is 8.48. The van der Waals surface area contributed by atoms with Crippen molar-refractivity contribution < 1.29 is 9.53 Å². The van der Waals surface area contributed by atoms with E-state index in [9.17, 15) is 4.79 Å². The molecule has 0 spiro atoms. The highest BCUT2D eigenvalue weighted by Gasteiger charge is 2.35. The van der Waals surface area contributed by atoms with Gasteiger partial charge < -0.3 is 15.0 Å². The molecule has 0 saturated carbocycles. The van der Waals surface area contributed by atoms with Crippen LogP contribution in [0.5, 0.6) is 5.75 Å². The van der Waals surface area contributed by atoms with Crippen LogP contribution in [-0.4, -0.2) is 48.0 Å². The highest BCUT2D eigenvalue weighted by Crippen LogP contribution is 2.29. The van der Waals surface area contributed by atoms with Crippen molar-refractivity contribution in [3.8, 4) is 5.75 Å². The van der Waals surface area contributed by atoms with Gasteiger partial charge in [-0.25, -0.2) is 0 Å². The smallest absolute Gasteiger partial charge is 0.271 e. The number of nitrogens with zero attached hydrogens (tertiary/aromatic N) is 2. The van der Waals surface area contributed by atoms with Crippen molar-refractivity contribution in [2.75, 3.05) is 26.7 Å². The molecule has 0 unspecified atom stereocenters. The van der Waals surface area contributed by atoms with Crippen LogP contribution in [-0.2, 0) is 0 Å². The number of carbonyl (C=O) groups is 1. The summed E-state index contributed by atoms with van der Waals surface area (Å²) in [5.41, 5.74) is 0.541. The van der Waals surface area contributed by atoms with Crippen LogP contribution < -0.4 is 10.1 Å². The van der Waals surface area contributed by atoms with E-state index in [-0.39, 0.29) is 11.9 Å². The number of aromatic nitrogens is 1. The number of methoxy groups -OCH3 is 1. The molecule has 3 saturated heterocycles. The van der Waals surface area contributed by atoms with Gasteiger partial charge in [0.25, 0.3) is 5.91 Å². The van der Waals surface area contributed by atoms with E-state index in [1.165, 1.54) is 37.5 Å². The molecule has 1 atom stereocenters. The second-order valence-electron chi connectivity index (χ2n) is 6.11. The SMILES string of the molecule is COc1ccc2c(C(=O)N[C@@H]3CN4CCC3CC4)nsc2c1. The number of hydrogen-bond donors (Lipinski definition) is 1. The van der Waals surface area contributed by atoms with E-state index >= 15 is 0 Å². The number of hydrogen-bond acceptors (Lipinski definition) is 5. The highest BCUT2D eigenvalue weighted by atomic mass is 32.1. The minimum Gasteiger partial charge on any atom is -0.497 e. The van der Waals surface area contributed by atoms with Crippen LogP contribution in [0.4, 0.5) is 0 Å². The van der Waals surface area contributed by atoms with Crippen LogP contribution in [0.1, 0.15) is 23.3 Å². The lowest BCUT2D eigenvalue weighted by molar-refractivity contribution is 0.0619. The van der Waals surface area contributed by atoms with Crippen molar-refractivity contribution in [2.45, 2.75) is 18.9 Å². The van der Waals surface area contributed by atoms with E-state index in [1.54, 1.807) is 7.11 Å².